The lowest BCUT2D eigenvalue weighted by Crippen LogP contribution is -2.23. The highest BCUT2D eigenvalue weighted by Crippen LogP contribution is 2.21. The molecule has 0 saturated heterocycles. The van der Waals surface area contributed by atoms with Crippen LogP contribution in [-0.4, -0.2) is 40.2 Å². The van der Waals surface area contributed by atoms with E-state index in [9.17, 15) is 15.3 Å². The van der Waals surface area contributed by atoms with E-state index in [0.29, 0.717) is 24.0 Å². The number of benzene rings is 1. The van der Waals surface area contributed by atoms with E-state index in [4.69, 9.17) is 0 Å². The number of aryl methyl sites for hydroxylation is 1. The van der Waals surface area contributed by atoms with Crippen LogP contribution in [0.25, 0.3) is 0 Å². The summed E-state index contributed by atoms with van der Waals surface area (Å²) in [5.74, 6) is 0.0478. The number of hydrogen-bond acceptors (Lipinski definition) is 7. The predicted octanol–water partition coefficient (Wildman–Crippen LogP) is 4.13. The van der Waals surface area contributed by atoms with Crippen molar-refractivity contribution in [3.63, 3.8) is 0 Å². The van der Waals surface area contributed by atoms with Gasteiger partial charge >= 0.3 is 0 Å². The summed E-state index contributed by atoms with van der Waals surface area (Å²) >= 11 is 0. The minimum Gasteiger partial charge on any atom is -0.507 e. The zero-order valence-corrected chi connectivity index (χ0v) is 18.8. The van der Waals surface area contributed by atoms with Gasteiger partial charge in [-0.05, 0) is 50.3 Å². The van der Waals surface area contributed by atoms with E-state index in [0.717, 1.165) is 44.1 Å². The monoisotopic (exact) mass is 420 g/mol. The minimum absolute atomic E-state index is 0.0478. The Morgan fingerprint density at radius 3 is 1.63 bits per heavy atom. The van der Waals surface area contributed by atoms with Gasteiger partial charge < -0.3 is 15.3 Å². The number of nitrogens with one attached hydrogen (secondary N) is 2. The number of aliphatic hydroxyl groups excluding tert-OH is 2. The van der Waals surface area contributed by atoms with Crippen LogP contribution >= 0.6 is 0 Å². The molecule has 1 rings (SSSR count). The molecule has 0 saturated carbocycles. The van der Waals surface area contributed by atoms with Gasteiger partial charge in [0, 0.05) is 11.1 Å². The Labute approximate surface area is 181 Å². The van der Waals surface area contributed by atoms with Crippen LogP contribution in [0.1, 0.15) is 94.7 Å². The molecule has 2 unspecified atom stereocenters. The summed E-state index contributed by atoms with van der Waals surface area (Å²) in [6, 6.07) is 3.61. The van der Waals surface area contributed by atoms with E-state index in [1.54, 1.807) is 0 Å². The van der Waals surface area contributed by atoms with Gasteiger partial charge in [-0.3, -0.25) is 10.9 Å². The molecule has 7 heteroatoms. The van der Waals surface area contributed by atoms with Gasteiger partial charge in [0.25, 0.3) is 0 Å². The van der Waals surface area contributed by atoms with Crippen molar-refractivity contribution in [2.24, 2.45) is 10.2 Å². The Bertz CT molecular complexity index is 598. The number of hydrogen-bond donors (Lipinski definition) is 5. The fraction of sp³-hybridized carbons (Fsp3) is 0.652. The number of phenolic OH excluding ortho intramolecular Hbond substituents is 1. The second-order valence-electron chi connectivity index (χ2n) is 7.80. The highest BCUT2D eigenvalue weighted by Gasteiger charge is 2.07. The van der Waals surface area contributed by atoms with Crippen molar-refractivity contribution in [2.75, 3.05) is 0 Å². The second kappa shape index (κ2) is 15.7. The minimum atomic E-state index is -0.700. The Morgan fingerprint density at radius 1 is 0.800 bits per heavy atom. The van der Waals surface area contributed by atoms with Crippen molar-refractivity contribution < 1.29 is 15.3 Å². The zero-order chi connectivity index (χ0) is 22.2. The molecule has 0 amide bonds. The molecule has 0 aliphatic rings. The summed E-state index contributed by atoms with van der Waals surface area (Å²) in [5.41, 5.74) is 7.39. The average molecular weight is 421 g/mol. The average Bonchev–Trinajstić information content (AvgIpc) is 2.71. The van der Waals surface area contributed by atoms with Crippen LogP contribution < -0.4 is 10.9 Å². The molecule has 0 heterocycles. The molecule has 1 aromatic rings. The van der Waals surface area contributed by atoms with Crippen LogP contribution in [-0.2, 0) is 0 Å². The third-order valence-corrected chi connectivity index (χ3v) is 4.83. The van der Waals surface area contributed by atoms with Crippen molar-refractivity contribution in [1.82, 2.24) is 10.9 Å². The van der Waals surface area contributed by atoms with Crippen molar-refractivity contribution in [2.45, 2.75) is 97.4 Å². The van der Waals surface area contributed by atoms with Gasteiger partial charge in [0.2, 0.25) is 0 Å². The Hall–Kier alpha value is -2.12. The maximum absolute atomic E-state index is 10.5. The van der Waals surface area contributed by atoms with Crippen LogP contribution in [0.4, 0.5) is 0 Å². The van der Waals surface area contributed by atoms with E-state index in [1.807, 2.05) is 19.1 Å². The summed E-state index contributed by atoms with van der Waals surface area (Å²) in [5, 5.41) is 38.4. The van der Waals surface area contributed by atoms with Gasteiger partial charge in [-0.15, -0.1) is 0 Å². The van der Waals surface area contributed by atoms with Gasteiger partial charge in [-0.25, -0.2) is 0 Å². The van der Waals surface area contributed by atoms with E-state index in [2.05, 4.69) is 34.9 Å². The number of nitrogens with zero attached hydrogens (tertiary/aromatic N) is 2. The molecular weight excluding hydrogens is 380 g/mol. The Balaban J connectivity index is 2.57. The van der Waals surface area contributed by atoms with Crippen LogP contribution in [0.5, 0.6) is 5.75 Å². The van der Waals surface area contributed by atoms with Gasteiger partial charge in [0.1, 0.15) is 18.2 Å². The molecule has 0 radical (unpaired) electrons. The largest absolute Gasteiger partial charge is 0.507 e. The summed E-state index contributed by atoms with van der Waals surface area (Å²) in [6.45, 7) is 6.22. The lowest BCUT2D eigenvalue weighted by molar-refractivity contribution is 0.126. The first-order valence-electron chi connectivity index (χ1n) is 11.2. The molecule has 30 heavy (non-hydrogen) atoms. The van der Waals surface area contributed by atoms with Crippen LogP contribution in [0, 0.1) is 6.92 Å². The maximum atomic E-state index is 10.5. The lowest BCUT2D eigenvalue weighted by Gasteiger charge is -2.11. The topological polar surface area (TPSA) is 109 Å². The summed E-state index contributed by atoms with van der Waals surface area (Å²) in [6.07, 6.45) is 11.6. The van der Waals surface area contributed by atoms with Crippen LogP contribution in [0.2, 0.25) is 0 Å². The molecule has 0 spiro atoms. The van der Waals surface area contributed by atoms with Crippen LogP contribution in [0.15, 0.2) is 22.3 Å². The van der Waals surface area contributed by atoms with Crippen molar-refractivity contribution in [3.05, 3.63) is 28.8 Å². The second-order valence-corrected chi connectivity index (χ2v) is 7.80. The molecule has 5 N–H and O–H groups in total. The highest BCUT2D eigenvalue weighted by molar-refractivity contribution is 5.92. The molecule has 170 valence electrons. The number of phenols is 1. The molecule has 0 fully saturated rings. The van der Waals surface area contributed by atoms with Crippen molar-refractivity contribution in [1.29, 1.82) is 0 Å². The van der Waals surface area contributed by atoms with Gasteiger partial charge in [0.05, 0.1) is 12.4 Å². The summed E-state index contributed by atoms with van der Waals surface area (Å²) in [4.78, 5) is 0. The fourth-order valence-electron chi connectivity index (χ4n) is 3.08. The van der Waals surface area contributed by atoms with Gasteiger partial charge in [-0.1, -0.05) is 52.4 Å². The predicted molar refractivity (Wildman–Crippen MR) is 124 cm³/mol. The molecule has 2 atom stereocenters. The fourth-order valence-corrected chi connectivity index (χ4v) is 3.08. The van der Waals surface area contributed by atoms with Crippen molar-refractivity contribution in [3.8, 4) is 5.75 Å². The first kappa shape index (κ1) is 25.9. The van der Waals surface area contributed by atoms with E-state index < -0.39 is 12.5 Å². The van der Waals surface area contributed by atoms with E-state index >= 15 is 0 Å². The first-order valence-corrected chi connectivity index (χ1v) is 11.2. The zero-order valence-electron chi connectivity index (χ0n) is 18.8. The number of rotatable bonds is 16. The number of unbranched alkanes of at least 4 members (excludes halogenated alkanes) is 6. The Morgan fingerprint density at radius 2 is 1.23 bits per heavy atom. The molecule has 1 aromatic carbocycles. The molecule has 0 aromatic heterocycles. The van der Waals surface area contributed by atoms with E-state index in [-0.39, 0.29) is 5.75 Å². The summed E-state index contributed by atoms with van der Waals surface area (Å²) < 4.78 is 0. The Kier molecular flexibility index (Phi) is 13.5. The van der Waals surface area contributed by atoms with Crippen LogP contribution in [0.3, 0.4) is 0 Å². The molecule has 0 bridgehead atoms. The SMILES string of the molecule is CCCCCCC(O)N/N=C/c1cc(C)cc(/C=N/NC(O)CCCCCC)c1O. The number of aliphatic hydroxyl groups is 2. The normalized spacial score (nSPS) is 13.8. The van der Waals surface area contributed by atoms with E-state index in [1.165, 1.54) is 25.3 Å². The maximum Gasteiger partial charge on any atom is 0.139 e. The summed E-state index contributed by atoms with van der Waals surface area (Å²) in [7, 11) is 0. The van der Waals surface area contributed by atoms with Gasteiger partial charge in [-0.2, -0.15) is 10.2 Å². The smallest absolute Gasteiger partial charge is 0.139 e. The molecule has 0 aliphatic heterocycles. The number of hydrazone groups is 2. The molecule has 7 nitrogen and oxygen atoms in total. The quantitative estimate of drug-likeness (QED) is 0.120. The lowest BCUT2D eigenvalue weighted by atomic mass is 10.1. The standard InChI is InChI=1S/C23H40N4O3/c1-4-6-8-10-12-21(28)26-24-16-19-14-18(3)15-20(23(19)30)17-25-27-22(29)13-11-9-7-5-2/h14-17,21-22,26-30H,4-13H2,1-3H3/b24-16+,25-17+. The highest BCUT2D eigenvalue weighted by atomic mass is 16.3. The third-order valence-electron chi connectivity index (χ3n) is 4.83. The van der Waals surface area contributed by atoms with Crippen molar-refractivity contribution >= 4 is 12.4 Å². The first-order chi connectivity index (χ1) is 14.5. The molecular formula is C23H40N4O3. The number of aromatic hydroxyl groups is 1. The van der Waals surface area contributed by atoms with Gasteiger partial charge in [0.15, 0.2) is 0 Å². The third kappa shape index (κ3) is 11.2. The molecule has 0 aliphatic carbocycles.